The third-order valence-corrected chi connectivity index (χ3v) is 5.02. The molecule has 2 aliphatic rings. The minimum Gasteiger partial charge on any atom is -0.300 e. The van der Waals surface area contributed by atoms with Crippen molar-refractivity contribution in [1.82, 2.24) is 4.90 Å². The van der Waals surface area contributed by atoms with Crippen molar-refractivity contribution in [2.24, 2.45) is 5.41 Å². The Balaban J connectivity index is 1.77. The number of nitrogens with zero attached hydrogens (tertiary/aromatic N) is 1. The number of carbonyl (C=O) groups excluding carboxylic acids is 1. The van der Waals surface area contributed by atoms with E-state index in [1.54, 1.807) is 0 Å². The number of fused-ring (bicyclic) bond motifs is 1. The Labute approximate surface area is 147 Å². The maximum absolute atomic E-state index is 13.1. The third kappa shape index (κ3) is 2.30. The molecule has 0 spiro atoms. The SMILES string of the molecule is CC1(C)C=C2C=C(c3ccc(Cl)cc3)C(=O)N2C1c1ccccc1. The van der Waals surface area contributed by atoms with Gasteiger partial charge in [-0.15, -0.1) is 0 Å². The van der Waals surface area contributed by atoms with Gasteiger partial charge in [-0.25, -0.2) is 0 Å². The largest absolute Gasteiger partial charge is 0.300 e. The Bertz CT molecular complexity index is 862. The standard InChI is InChI=1S/C21H18ClNO/c1-21(2)13-17-12-18(14-8-10-16(22)11-9-14)20(24)23(17)19(21)15-6-4-3-5-7-15/h3-13,19H,1-2H3. The fourth-order valence-corrected chi connectivity index (χ4v) is 3.87. The zero-order chi connectivity index (χ0) is 16.9. The van der Waals surface area contributed by atoms with Crippen molar-refractivity contribution < 1.29 is 4.79 Å². The van der Waals surface area contributed by atoms with Gasteiger partial charge in [0.2, 0.25) is 0 Å². The second-order valence-electron chi connectivity index (χ2n) is 6.94. The molecule has 0 N–H and O–H groups in total. The van der Waals surface area contributed by atoms with Crippen LogP contribution in [0.25, 0.3) is 5.57 Å². The molecule has 0 radical (unpaired) electrons. The average Bonchev–Trinajstić information content (AvgIpc) is 3.00. The van der Waals surface area contributed by atoms with Crippen LogP contribution in [-0.4, -0.2) is 10.8 Å². The molecule has 2 nitrogen and oxygen atoms in total. The van der Waals surface area contributed by atoms with Crippen LogP contribution in [0.2, 0.25) is 5.02 Å². The molecule has 0 saturated carbocycles. The topological polar surface area (TPSA) is 20.3 Å². The first-order chi connectivity index (χ1) is 11.5. The number of amides is 1. The van der Waals surface area contributed by atoms with Crippen LogP contribution in [-0.2, 0) is 4.79 Å². The van der Waals surface area contributed by atoms with E-state index in [-0.39, 0.29) is 17.4 Å². The van der Waals surface area contributed by atoms with Crippen LogP contribution in [0.3, 0.4) is 0 Å². The smallest absolute Gasteiger partial charge is 0.259 e. The summed E-state index contributed by atoms with van der Waals surface area (Å²) in [5, 5.41) is 0.674. The Morgan fingerprint density at radius 3 is 2.33 bits per heavy atom. The summed E-state index contributed by atoms with van der Waals surface area (Å²) < 4.78 is 0. The summed E-state index contributed by atoms with van der Waals surface area (Å²) in [6.45, 7) is 4.36. The molecule has 1 amide bonds. The molecule has 2 aromatic carbocycles. The molecular formula is C21H18ClNO. The van der Waals surface area contributed by atoms with Crippen LogP contribution in [0, 0.1) is 5.41 Å². The van der Waals surface area contributed by atoms with E-state index in [9.17, 15) is 4.79 Å². The minimum atomic E-state index is -0.103. The Kier molecular flexibility index (Phi) is 3.40. The summed E-state index contributed by atoms with van der Waals surface area (Å²) in [5.74, 6) is 0.0583. The Morgan fingerprint density at radius 2 is 1.67 bits per heavy atom. The van der Waals surface area contributed by atoms with E-state index in [1.807, 2.05) is 53.4 Å². The quantitative estimate of drug-likeness (QED) is 0.735. The van der Waals surface area contributed by atoms with E-state index in [2.05, 4.69) is 32.1 Å². The highest BCUT2D eigenvalue weighted by Crippen LogP contribution is 2.51. The highest BCUT2D eigenvalue weighted by molar-refractivity contribution is 6.30. The third-order valence-electron chi connectivity index (χ3n) is 4.77. The van der Waals surface area contributed by atoms with Gasteiger partial charge in [0.15, 0.2) is 0 Å². The lowest BCUT2D eigenvalue weighted by molar-refractivity contribution is -0.124. The molecule has 2 heterocycles. The normalized spacial score (nSPS) is 21.5. The van der Waals surface area contributed by atoms with Crippen molar-refractivity contribution in [2.75, 3.05) is 0 Å². The maximum Gasteiger partial charge on any atom is 0.259 e. The van der Waals surface area contributed by atoms with Gasteiger partial charge in [0.25, 0.3) is 5.91 Å². The van der Waals surface area contributed by atoms with Crippen molar-refractivity contribution in [1.29, 1.82) is 0 Å². The fourth-order valence-electron chi connectivity index (χ4n) is 3.75. The molecule has 3 heteroatoms. The number of halogens is 1. The number of rotatable bonds is 2. The predicted molar refractivity (Wildman–Crippen MR) is 97.3 cm³/mol. The fraction of sp³-hybridized carbons (Fsp3) is 0.190. The molecule has 0 aliphatic carbocycles. The minimum absolute atomic E-state index is 0.0160. The summed E-state index contributed by atoms with van der Waals surface area (Å²) in [6.07, 6.45) is 4.20. The van der Waals surface area contributed by atoms with E-state index in [0.29, 0.717) is 5.02 Å². The Hall–Kier alpha value is -2.32. The summed E-state index contributed by atoms with van der Waals surface area (Å²) in [4.78, 5) is 15.1. The van der Waals surface area contributed by atoms with Crippen LogP contribution >= 0.6 is 11.6 Å². The molecule has 0 bridgehead atoms. The van der Waals surface area contributed by atoms with Crippen molar-refractivity contribution >= 4 is 23.1 Å². The lowest BCUT2D eigenvalue weighted by Crippen LogP contribution is -2.33. The zero-order valence-electron chi connectivity index (χ0n) is 13.7. The van der Waals surface area contributed by atoms with E-state index in [1.165, 1.54) is 0 Å². The van der Waals surface area contributed by atoms with Gasteiger partial charge in [-0.3, -0.25) is 4.79 Å². The van der Waals surface area contributed by atoms with E-state index < -0.39 is 0 Å². The van der Waals surface area contributed by atoms with Crippen LogP contribution in [0.4, 0.5) is 0 Å². The van der Waals surface area contributed by atoms with E-state index >= 15 is 0 Å². The van der Waals surface area contributed by atoms with Gasteiger partial charge in [0, 0.05) is 21.7 Å². The second-order valence-corrected chi connectivity index (χ2v) is 7.38. The van der Waals surface area contributed by atoms with Crippen molar-refractivity contribution in [3.05, 3.63) is 88.6 Å². The second kappa shape index (κ2) is 5.35. The summed E-state index contributed by atoms with van der Waals surface area (Å²) in [7, 11) is 0. The molecule has 2 aliphatic heterocycles. The lowest BCUT2D eigenvalue weighted by Gasteiger charge is -2.33. The van der Waals surface area contributed by atoms with E-state index in [0.717, 1.165) is 22.4 Å². The highest BCUT2D eigenvalue weighted by Gasteiger charge is 2.47. The van der Waals surface area contributed by atoms with Crippen molar-refractivity contribution in [3.8, 4) is 0 Å². The number of allylic oxidation sites excluding steroid dienone is 1. The van der Waals surface area contributed by atoms with E-state index in [4.69, 9.17) is 11.6 Å². The first-order valence-corrected chi connectivity index (χ1v) is 8.44. The van der Waals surface area contributed by atoms with Crippen LogP contribution in [0.15, 0.2) is 72.4 Å². The van der Waals surface area contributed by atoms with Gasteiger partial charge >= 0.3 is 0 Å². The summed E-state index contributed by atoms with van der Waals surface area (Å²) in [6, 6.07) is 17.7. The molecule has 0 aromatic heterocycles. The first kappa shape index (κ1) is 15.2. The number of hydrogen-bond donors (Lipinski definition) is 0. The van der Waals surface area contributed by atoms with Gasteiger partial charge < -0.3 is 4.90 Å². The molecule has 1 unspecified atom stereocenters. The van der Waals surface area contributed by atoms with Gasteiger partial charge in [-0.2, -0.15) is 0 Å². The Morgan fingerprint density at radius 1 is 1.00 bits per heavy atom. The molecule has 1 atom stereocenters. The molecule has 2 aromatic rings. The summed E-state index contributed by atoms with van der Waals surface area (Å²) in [5.41, 5.74) is 3.68. The zero-order valence-corrected chi connectivity index (χ0v) is 14.4. The maximum atomic E-state index is 13.1. The molecule has 0 fully saturated rings. The number of carbonyl (C=O) groups is 1. The van der Waals surface area contributed by atoms with Gasteiger partial charge in [0.1, 0.15) is 0 Å². The average molecular weight is 336 g/mol. The summed E-state index contributed by atoms with van der Waals surface area (Å²) >= 11 is 5.96. The predicted octanol–water partition coefficient (Wildman–Crippen LogP) is 5.23. The van der Waals surface area contributed by atoms with Gasteiger partial charge in [0.05, 0.1) is 6.04 Å². The molecule has 4 rings (SSSR count). The number of benzene rings is 2. The molecule has 0 saturated heterocycles. The van der Waals surface area contributed by atoms with Crippen LogP contribution in [0.5, 0.6) is 0 Å². The van der Waals surface area contributed by atoms with Gasteiger partial charge in [-0.1, -0.05) is 74.0 Å². The number of hydrogen-bond acceptors (Lipinski definition) is 1. The highest BCUT2D eigenvalue weighted by atomic mass is 35.5. The van der Waals surface area contributed by atoms with Gasteiger partial charge in [-0.05, 0) is 29.3 Å². The molecular weight excluding hydrogens is 318 g/mol. The van der Waals surface area contributed by atoms with Crippen LogP contribution < -0.4 is 0 Å². The first-order valence-electron chi connectivity index (χ1n) is 8.06. The monoisotopic (exact) mass is 335 g/mol. The van der Waals surface area contributed by atoms with Crippen molar-refractivity contribution in [3.63, 3.8) is 0 Å². The van der Waals surface area contributed by atoms with Crippen LogP contribution in [0.1, 0.15) is 31.0 Å². The molecule has 24 heavy (non-hydrogen) atoms. The van der Waals surface area contributed by atoms with Crippen molar-refractivity contribution in [2.45, 2.75) is 19.9 Å². The lowest BCUT2D eigenvalue weighted by atomic mass is 9.81. The molecule has 120 valence electrons.